The van der Waals surface area contributed by atoms with Crippen LogP contribution in [-0.2, 0) is 44.6 Å². The molecule has 0 saturated carbocycles. The summed E-state index contributed by atoms with van der Waals surface area (Å²) >= 11 is 8.00. The van der Waals surface area contributed by atoms with Crippen LogP contribution in [0.1, 0.15) is 175 Å². The molecule has 4 aromatic rings. The van der Waals surface area contributed by atoms with Gasteiger partial charge in [0.1, 0.15) is 47.7 Å². The van der Waals surface area contributed by atoms with Crippen molar-refractivity contribution in [3.05, 3.63) is 102 Å². The van der Waals surface area contributed by atoms with E-state index >= 15 is 0 Å². The van der Waals surface area contributed by atoms with Crippen LogP contribution in [0, 0.1) is 0 Å². The van der Waals surface area contributed by atoms with Crippen LogP contribution in [0.5, 0.6) is 34.5 Å². The van der Waals surface area contributed by atoms with Crippen LogP contribution < -0.4 is 28.4 Å². The molecule has 0 amide bonds. The number of unbranched alkanes of at least 4 members (excludes halogenated alkanes) is 12. The molecule has 0 fully saturated rings. The summed E-state index contributed by atoms with van der Waals surface area (Å²) in [7, 11) is 0. The minimum atomic E-state index is 0.381. The fourth-order valence-electron chi connectivity index (χ4n) is 9.66. The molecule has 0 saturated heterocycles. The SMILES string of the molecule is CCCCCCOc1c2cc(Br)cc1Cc1cc3cc(c1OCCCCCC)Cc1cc(Br)cc(c1OCCCCCC)Cc1cc(cc(c1OCCCCCC)C2)OCCOCCOCCOCCOCCO3. The number of halogens is 2. The molecule has 10 nitrogen and oxygen atoms in total. The van der Waals surface area contributed by atoms with E-state index in [-0.39, 0.29) is 0 Å². The van der Waals surface area contributed by atoms with Crippen molar-refractivity contribution in [2.24, 2.45) is 0 Å². The average Bonchev–Trinajstić information content (AvgIpc) is 3.38. The van der Waals surface area contributed by atoms with Crippen LogP contribution in [-0.4, -0.2) is 92.5 Å². The van der Waals surface area contributed by atoms with Crippen LogP contribution in [0.4, 0.5) is 0 Å². The van der Waals surface area contributed by atoms with Gasteiger partial charge in [0, 0.05) is 79.1 Å². The first-order valence-electron chi connectivity index (χ1n) is 28.4. The van der Waals surface area contributed by atoms with E-state index in [4.69, 9.17) is 47.4 Å². The highest BCUT2D eigenvalue weighted by molar-refractivity contribution is 9.10. The number of benzene rings is 4. The maximum atomic E-state index is 7.07. The number of ether oxygens (including phenoxy) is 10. The van der Waals surface area contributed by atoms with E-state index < -0.39 is 0 Å². The Morgan fingerprint density at radius 2 is 0.541 bits per heavy atom. The standard InChI is InChI=1S/C62H88Br2O10/c1-5-9-13-17-21-71-59-47-35-51-43-57-45-53(61(51)73-23-19-15-11-7-3)37-49-41-56(64)42-50(60(49)72-22-18-14-10-6-2)38-54-46-58(70-34-32-68-30-28-66-26-25-65-27-29-67-31-33-69-57)44-52(36-48(59)40-55(63)39-47)62(54)74-24-20-16-12-8-4/h39-46H,5-38H2,1-4H3. The monoisotopic (exact) mass is 1150 g/mol. The van der Waals surface area contributed by atoms with Gasteiger partial charge in [-0.15, -0.1) is 0 Å². The van der Waals surface area contributed by atoms with E-state index in [1.807, 2.05) is 0 Å². The second kappa shape index (κ2) is 35.0. The Hall–Kier alpha value is -3.52. The molecule has 0 unspecified atom stereocenters. The van der Waals surface area contributed by atoms with Gasteiger partial charge in [-0.25, -0.2) is 0 Å². The zero-order valence-electron chi connectivity index (χ0n) is 45.5. The number of rotatable bonds is 24. The third-order valence-electron chi connectivity index (χ3n) is 13.5. The molecule has 6 rings (SSSR count). The molecule has 1 heterocycles. The van der Waals surface area contributed by atoms with Crippen molar-refractivity contribution in [1.82, 2.24) is 0 Å². The highest BCUT2D eigenvalue weighted by Gasteiger charge is 2.25. The Kier molecular flexibility index (Phi) is 28.2. The number of fused-ring (bicyclic) bond motifs is 6. The number of hydrogen-bond acceptors (Lipinski definition) is 10. The van der Waals surface area contributed by atoms with Crippen LogP contribution in [0.2, 0.25) is 0 Å². The first-order valence-corrected chi connectivity index (χ1v) is 30.0. The zero-order chi connectivity index (χ0) is 52.0. The molecule has 410 valence electrons. The summed E-state index contributed by atoms with van der Waals surface area (Å²) in [6, 6.07) is 17.6. The smallest absolute Gasteiger partial charge is 0.126 e. The topological polar surface area (TPSA) is 92.3 Å². The lowest BCUT2D eigenvalue weighted by molar-refractivity contribution is -0.00699. The Morgan fingerprint density at radius 3 is 0.784 bits per heavy atom. The maximum Gasteiger partial charge on any atom is 0.126 e. The quantitative estimate of drug-likeness (QED) is 0.0556. The van der Waals surface area contributed by atoms with E-state index in [9.17, 15) is 0 Å². The second-order valence-corrected chi connectivity index (χ2v) is 21.6. The Bertz CT molecular complexity index is 1980. The van der Waals surface area contributed by atoms with Gasteiger partial charge >= 0.3 is 0 Å². The van der Waals surface area contributed by atoms with Crippen molar-refractivity contribution in [3.63, 3.8) is 0 Å². The van der Waals surface area contributed by atoms with Crippen molar-refractivity contribution < 1.29 is 47.4 Å². The molecule has 1 aliphatic carbocycles. The Labute approximate surface area is 461 Å². The van der Waals surface area contributed by atoms with Gasteiger partial charge < -0.3 is 47.4 Å². The minimum Gasteiger partial charge on any atom is -0.493 e. The van der Waals surface area contributed by atoms with Gasteiger partial charge in [0.05, 0.1) is 79.3 Å². The first kappa shape index (κ1) is 59.7. The maximum absolute atomic E-state index is 7.07. The first-order chi connectivity index (χ1) is 36.4. The van der Waals surface area contributed by atoms with Crippen LogP contribution in [0.15, 0.2) is 57.5 Å². The van der Waals surface area contributed by atoms with Gasteiger partial charge in [0.15, 0.2) is 0 Å². The Balaban J connectivity index is 1.59. The molecule has 10 bridgehead atoms. The molecule has 1 aliphatic heterocycles. The lowest BCUT2D eigenvalue weighted by atomic mass is 9.91. The van der Waals surface area contributed by atoms with Gasteiger partial charge in [0.2, 0.25) is 0 Å². The highest BCUT2D eigenvalue weighted by Crippen LogP contribution is 2.43. The molecule has 0 aromatic heterocycles. The average molecular weight is 1150 g/mol. The fraction of sp³-hybridized carbons (Fsp3) is 0.613. The van der Waals surface area contributed by atoms with Gasteiger partial charge in [-0.3, -0.25) is 0 Å². The number of hydrogen-bond donors (Lipinski definition) is 0. The largest absolute Gasteiger partial charge is 0.493 e. The van der Waals surface area contributed by atoms with Crippen molar-refractivity contribution in [2.45, 2.75) is 156 Å². The lowest BCUT2D eigenvalue weighted by Crippen LogP contribution is -2.15. The molecule has 12 heteroatoms. The van der Waals surface area contributed by atoms with Gasteiger partial charge in [-0.2, -0.15) is 0 Å². The van der Waals surface area contributed by atoms with E-state index in [0.717, 1.165) is 165 Å². The van der Waals surface area contributed by atoms with E-state index in [0.29, 0.717) is 118 Å². The third-order valence-corrected chi connectivity index (χ3v) is 14.4. The predicted molar refractivity (Wildman–Crippen MR) is 305 cm³/mol. The molecule has 2 aliphatic rings. The molecule has 4 aromatic carbocycles. The highest BCUT2D eigenvalue weighted by atomic mass is 79.9. The van der Waals surface area contributed by atoms with E-state index in [2.05, 4.69) is 108 Å². The van der Waals surface area contributed by atoms with E-state index in [1.165, 1.54) is 25.7 Å². The summed E-state index contributed by atoms with van der Waals surface area (Å²) < 4.78 is 67.1. The molecular weight excluding hydrogens is 1060 g/mol. The summed E-state index contributed by atoms with van der Waals surface area (Å²) in [5.41, 5.74) is 8.48. The summed E-state index contributed by atoms with van der Waals surface area (Å²) in [5, 5.41) is 0. The Morgan fingerprint density at radius 1 is 0.311 bits per heavy atom. The molecule has 0 spiro atoms. The van der Waals surface area contributed by atoms with Crippen molar-refractivity contribution in [2.75, 3.05) is 92.5 Å². The lowest BCUT2D eigenvalue weighted by Gasteiger charge is -2.24. The van der Waals surface area contributed by atoms with E-state index in [1.54, 1.807) is 0 Å². The normalized spacial score (nSPS) is 14.9. The third kappa shape index (κ3) is 20.5. The molecule has 74 heavy (non-hydrogen) atoms. The molecule has 0 N–H and O–H groups in total. The molecular formula is C62H88Br2O10. The zero-order valence-corrected chi connectivity index (χ0v) is 48.7. The fourth-order valence-corrected chi connectivity index (χ4v) is 10.8. The summed E-state index contributed by atoms with van der Waals surface area (Å²) in [6.07, 6.45) is 19.9. The van der Waals surface area contributed by atoms with Crippen LogP contribution >= 0.6 is 31.9 Å². The summed E-state index contributed by atoms with van der Waals surface area (Å²) in [5.74, 6) is 5.12. The predicted octanol–water partition coefficient (Wildman–Crippen LogP) is 15.6. The van der Waals surface area contributed by atoms with Crippen molar-refractivity contribution in [1.29, 1.82) is 0 Å². The van der Waals surface area contributed by atoms with Crippen LogP contribution in [0.3, 0.4) is 0 Å². The van der Waals surface area contributed by atoms with Gasteiger partial charge in [0.25, 0.3) is 0 Å². The molecule has 0 radical (unpaired) electrons. The summed E-state index contributed by atoms with van der Waals surface area (Å²) in [4.78, 5) is 0. The van der Waals surface area contributed by atoms with Crippen molar-refractivity contribution >= 4 is 31.9 Å². The summed E-state index contributed by atoms with van der Waals surface area (Å²) in [6.45, 7) is 15.9. The minimum absolute atomic E-state index is 0.381. The molecule has 0 atom stereocenters. The van der Waals surface area contributed by atoms with Crippen molar-refractivity contribution in [3.8, 4) is 34.5 Å². The van der Waals surface area contributed by atoms with Gasteiger partial charge in [-0.05, 0) is 74.2 Å². The van der Waals surface area contributed by atoms with Crippen LogP contribution in [0.25, 0.3) is 0 Å². The van der Waals surface area contributed by atoms with Gasteiger partial charge in [-0.1, -0.05) is 137 Å². The second-order valence-electron chi connectivity index (χ2n) is 19.7.